The van der Waals surface area contributed by atoms with Gasteiger partial charge >= 0.3 is 18.4 Å². The molecule has 0 bridgehead atoms. The summed E-state index contributed by atoms with van der Waals surface area (Å²) in [5.74, 6) is -0.960. The molecular weight excluding hydrogens is 381 g/mol. The highest BCUT2D eigenvalue weighted by Crippen LogP contribution is 2.29. The molecule has 1 aliphatic heterocycles. The van der Waals surface area contributed by atoms with E-state index >= 15 is 0 Å². The number of rotatable bonds is 4. The van der Waals surface area contributed by atoms with Crippen LogP contribution in [0.4, 0.5) is 18.0 Å². The summed E-state index contributed by atoms with van der Waals surface area (Å²) in [6, 6.07) is 3.00. The number of hydrazone groups is 1. The molecule has 0 aliphatic carbocycles. The second-order valence-corrected chi connectivity index (χ2v) is 6.54. The zero-order valence-corrected chi connectivity index (χ0v) is 14.5. The Kier molecular flexibility index (Phi) is 5.49. The van der Waals surface area contributed by atoms with E-state index in [1.807, 2.05) is 0 Å². The maximum Gasteiger partial charge on any atom is 0.573 e. The number of urea groups is 1. The number of amidine groups is 1. The van der Waals surface area contributed by atoms with Gasteiger partial charge in [0.25, 0.3) is 10.0 Å². The maximum absolute atomic E-state index is 12.4. The molecule has 0 spiro atoms. The molecule has 1 aromatic rings. The molecule has 0 radical (unpaired) electrons. The van der Waals surface area contributed by atoms with E-state index in [0.717, 1.165) is 23.2 Å². The fourth-order valence-electron chi connectivity index (χ4n) is 2.04. The normalized spacial score (nSPS) is 14.9. The van der Waals surface area contributed by atoms with E-state index in [0.29, 0.717) is 6.54 Å². The van der Waals surface area contributed by atoms with Crippen LogP contribution in [0.3, 0.4) is 0 Å². The number of alkyl halides is 3. The number of sulfonamides is 1. The Bertz CT molecular complexity index is 812. The number of nitrogens with one attached hydrogen (secondary N) is 1. The zero-order valence-electron chi connectivity index (χ0n) is 13.6. The first-order chi connectivity index (χ1) is 12.1. The van der Waals surface area contributed by atoms with E-state index in [-0.39, 0.29) is 12.7 Å². The Morgan fingerprint density at radius 3 is 2.54 bits per heavy atom. The van der Waals surface area contributed by atoms with E-state index in [1.165, 1.54) is 18.1 Å². The van der Waals surface area contributed by atoms with Gasteiger partial charge in [0, 0.05) is 6.54 Å². The molecule has 2 rings (SSSR count). The summed E-state index contributed by atoms with van der Waals surface area (Å²) in [5, 5.41) is 4.56. The highest BCUT2D eigenvalue weighted by atomic mass is 32.2. The lowest BCUT2D eigenvalue weighted by Gasteiger charge is -2.18. The van der Waals surface area contributed by atoms with Crippen molar-refractivity contribution in [3.05, 3.63) is 24.3 Å². The average molecular weight is 396 g/mol. The number of ether oxygens (including phenoxy) is 2. The summed E-state index contributed by atoms with van der Waals surface area (Å²) < 4.78 is 72.2. The van der Waals surface area contributed by atoms with E-state index in [2.05, 4.69) is 9.84 Å². The number of hydrogen-bond donors (Lipinski definition) is 1. The number of carbonyl (C=O) groups is 1. The number of halogens is 3. The summed E-state index contributed by atoms with van der Waals surface area (Å²) in [7, 11) is -3.32. The summed E-state index contributed by atoms with van der Waals surface area (Å²) >= 11 is 0. The van der Waals surface area contributed by atoms with Crippen molar-refractivity contribution in [2.45, 2.75) is 18.2 Å². The molecule has 144 valence electrons. The third-order valence-electron chi connectivity index (χ3n) is 3.17. The number of hydrogen-bond acceptors (Lipinski definition) is 7. The van der Waals surface area contributed by atoms with Crippen LogP contribution in [0.15, 0.2) is 34.3 Å². The molecule has 26 heavy (non-hydrogen) atoms. The van der Waals surface area contributed by atoms with E-state index in [4.69, 9.17) is 4.74 Å². The van der Waals surface area contributed by atoms with Crippen LogP contribution in [-0.2, 0) is 14.8 Å². The predicted octanol–water partition coefficient (Wildman–Crippen LogP) is 1.50. The minimum Gasteiger partial charge on any atom is -0.467 e. The Labute approximate surface area is 147 Å². The zero-order chi connectivity index (χ0) is 19.5. The second-order valence-electron chi connectivity index (χ2n) is 4.89. The molecule has 0 saturated carbocycles. The van der Waals surface area contributed by atoms with Gasteiger partial charge in [0.15, 0.2) is 0 Å². The Hall–Kier alpha value is -2.70. The van der Waals surface area contributed by atoms with Crippen molar-refractivity contribution in [2.75, 3.05) is 20.3 Å². The van der Waals surface area contributed by atoms with Crippen molar-refractivity contribution in [1.82, 2.24) is 14.6 Å². The number of para-hydroxylation sites is 1. The van der Waals surface area contributed by atoms with E-state index in [9.17, 15) is 26.4 Å². The van der Waals surface area contributed by atoms with Gasteiger partial charge < -0.3 is 14.4 Å². The molecule has 0 unspecified atom stereocenters. The highest BCUT2D eigenvalue weighted by Gasteiger charge is 2.35. The van der Waals surface area contributed by atoms with Crippen LogP contribution >= 0.6 is 0 Å². The lowest BCUT2D eigenvalue weighted by Crippen LogP contribution is -2.41. The molecule has 1 aliphatic rings. The average Bonchev–Trinajstić information content (AvgIpc) is 2.96. The predicted molar refractivity (Wildman–Crippen MR) is 82.4 cm³/mol. The van der Waals surface area contributed by atoms with Gasteiger partial charge in [-0.05, 0) is 19.1 Å². The van der Waals surface area contributed by atoms with Gasteiger partial charge in [0.1, 0.15) is 17.3 Å². The molecule has 13 heteroatoms. The maximum atomic E-state index is 12.4. The number of methoxy groups -OCH3 is 1. The molecule has 1 aromatic carbocycles. The fourth-order valence-corrected chi connectivity index (χ4v) is 3.12. The van der Waals surface area contributed by atoms with Crippen molar-refractivity contribution in [3.8, 4) is 5.75 Å². The van der Waals surface area contributed by atoms with Gasteiger partial charge in [-0.1, -0.05) is 12.1 Å². The number of nitrogens with zero attached hydrogens (tertiary/aromatic N) is 3. The van der Waals surface area contributed by atoms with Gasteiger partial charge in [0.05, 0.1) is 7.11 Å². The number of benzene rings is 1. The van der Waals surface area contributed by atoms with Crippen LogP contribution in [0.2, 0.25) is 0 Å². The lowest BCUT2D eigenvalue weighted by molar-refractivity contribution is -0.275. The highest BCUT2D eigenvalue weighted by molar-refractivity contribution is 7.90. The summed E-state index contributed by atoms with van der Waals surface area (Å²) in [6.07, 6.45) is -5.09. The molecule has 0 fully saturated rings. The van der Waals surface area contributed by atoms with Crippen molar-refractivity contribution < 1.29 is 35.9 Å². The standard InChI is InChI=1S/C13H15F3N4O5S/c1-3-19-8-20(17-12(19)24-2)11(21)18-26(22,23)10-7-5-4-6-9(10)25-13(14,15)16/h4-7H,3,8H2,1-2H3,(H,18,21). The second kappa shape index (κ2) is 7.27. The van der Waals surface area contributed by atoms with Crippen LogP contribution in [0, 0.1) is 0 Å². The van der Waals surface area contributed by atoms with Crippen molar-refractivity contribution in [1.29, 1.82) is 0 Å². The molecule has 0 atom stereocenters. The number of carbonyl (C=O) groups excluding carboxylic acids is 1. The molecule has 0 saturated heterocycles. The Morgan fingerprint density at radius 1 is 1.35 bits per heavy atom. The van der Waals surface area contributed by atoms with Gasteiger partial charge in [-0.15, -0.1) is 18.3 Å². The topological polar surface area (TPSA) is 101 Å². The molecule has 1 heterocycles. The smallest absolute Gasteiger partial charge is 0.467 e. The minimum absolute atomic E-state index is 0.0816. The summed E-state index contributed by atoms with van der Waals surface area (Å²) in [4.78, 5) is 12.8. The molecular formula is C13H15F3N4O5S. The van der Waals surface area contributed by atoms with Crippen LogP contribution in [-0.4, -0.2) is 57.1 Å². The largest absolute Gasteiger partial charge is 0.573 e. The van der Waals surface area contributed by atoms with E-state index < -0.39 is 33.1 Å². The molecule has 2 amide bonds. The van der Waals surface area contributed by atoms with Crippen LogP contribution < -0.4 is 9.46 Å². The molecule has 0 aromatic heterocycles. The fraction of sp³-hybridized carbons (Fsp3) is 0.385. The quantitative estimate of drug-likeness (QED) is 0.828. The first-order valence-corrected chi connectivity index (χ1v) is 8.62. The van der Waals surface area contributed by atoms with Crippen molar-refractivity contribution in [2.24, 2.45) is 5.10 Å². The number of amides is 2. The first-order valence-electron chi connectivity index (χ1n) is 7.14. The Balaban J connectivity index is 2.22. The Morgan fingerprint density at radius 2 is 2.00 bits per heavy atom. The van der Waals surface area contributed by atoms with Gasteiger partial charge in [-0.25, -0.2) is 17.9 Å². The van der Waals surface area contributed by atoms with E-state index in [1.54, 1.807) is 11.6 Å². The van der Waals surface area contributed by atoms with Gasteiger partial charge in [0.2, 0.25) is 0 Å². The summed E-state index contributed by atoms with van der Waals surface area (Å²) in [6.45, 7) is 2.12. The SMILES string of the molecule is CCN1CN(C(=O)NS(=O)(=O)c2ccccc2OC(F)(F)F)N=C1OC. The van der Waals surface area contributed by atoms with Crippen LogP contribution in [0.25, 0.3) is 0 Å². The third-order valence-corrected chi connectivity index (χ3v) is 4.53. The molecule has 1 N–H and O–H groups in total. The van der Waals surface area contributed by atoms with Crippen molar-refractivity contribution in [3.63, 3.8) is 0 Å². The summed E-state index contributed by atoms with van der Waals surface area (Å²) in [5.41, 5.74) is 0. The third kappa shape index (κ3) is 4.47. The van der Waals surface area contributed by atoms with Crippen molar-refractivity contribution >= 4 is 22.1 Å². The van der Waals surface area contributed by atoms with Gasteiger partial charge in [-0.2, -0.15) is 5.01 Å². The van der Waals surface area contributed by atoms with Crippen LogP contribution in [0.5, 0.6) is 5.75 Å². The monoisotopic (exact) mass is 396 g/mol. The first kappa shape index (κ1) is 19.6. The van der Waals surface area contributed by atoms with Crippen LogP contribution in [0.1, 0.15) is 6.92 Å². The minimum atomic E-state index is -5.09. The molecule has 9 nitrogen and oxygen atoms in total. The lowest BCUT2D eigenvalue weighted by atomic mass is 10.3. The van der Waals surface area contributed by atoms with Gasteiger partial charge in [-0.3, -0.25) is 0 Å².